The standard InChI is InChI=1S/C23H23NO2/c1-16(15-17-9-3-2-4-10-17)23(26)24-20-13-7-5-11-18(20)22(25)19-12-6-8-14-21(19)24/h5-8,11-15,17H,2-4,9-10H2,1H3/b16-15+. The highest BCUT2D eigenvalue weighted by Gasteiger charge is 2.18. The van der Waals surface area contributed by atoms with E-state index in [9.17, 15) is 9.59 Å². The first-order valence-corrected chi connectivity index (χ1v) is 9.42. The van der Waals surface area contributed by atoms with Crippen LogP contribution < -0.4 is 5.43 Å². The Hall–Kier alpha value is -2.68. The van der Waals surface area contributed by atoms with Crippen LogP contribution in [0.3, 0.4) is 0 Å². The van der Waals surface area contributed by atoms with Crippen molar-refractivity contribution in [3.63, 3.8) is 0 Å². The van der Waals surface area contributed by atoms with Gasteiger partial charge in [0, 0.05) is 16.3 Å². The van der Waals surface area contributed by atoms with Crippen LogP contribution in [0.15, 0.2) is 65.0 Å². The van der Waals surface area contributed by atoms with Crippen LogP contribution in [0.1, 0.15) is 43.8 Å². The number of allylic oxidation sites excluding steroid dienone is 2. The molecule has 1 saturated carbocycles. The highest BCUT2D eigenvalue weighted by Crippen LogP contribution is 2.27. The van der Waals surface area contributed by atoms with Gasteiger partial charge in [-0.2, -0.15) is 0 Å². The van der Waals surface area contributed by atoms with Crippen LogP contribution in [0.25, 0.3) is 21.8 Å². The zero-order valence-corrected chi connectivity index (χ0v) is 15.1. The second kappa shape index (κ2) is 6.91. The SMILES string of the molecule is C/C(=C\C1CCCCC1)C(=O)n1c2ccccc2c(=O)c2ccccc21. The summed E-state index contributed by atoms with van der Waals surface area (Å²) in [5.41, 5.74) is 2.10. The maximum absolute atomic E-state index is 13.4. The molecule has 0 unspecified atom stereocenters. The first-order chi connectivity index (χ1) is 12.7. The van der Waals surface area contributed by atoms with Gasteiger partial charge in [-0.3, -0.25) is 14.2 Å². The van der Waals surface area contributed by atoms with Crippen molar-refractivity contribution < 1.29 is 4.79 Å². The fourth-order valence-corrected chi connectivity index (χ4v) is 4.12. The molecule has 1 aromatic heterocycles. The van der Waals surface area contributed by atoms with Gasteiger partial charge in [-0.05, 0) is 49.9 Å². The summed E-state index contributed by atoms with van der Waals surface area (Å²) < 4.78 is 1.71. The molecular weight excluding hydrogens is 322 g/mol. The maximum Gasteiger partial charge on any atom is 0.258 e. The molecule has 3 aromatic rings. The van der Waals surface area contributed by atoms with Crippen LogP contribution in [0, 0.1) is 5.92 Å². The van der Waals surface area contributed by atoms with E-state index in [0.717, 1.165) is 18.4 Å². The molecule has 0 radical (unpaired) electrons. The summed E-state index contributed by atoms with van der Waals surface area (Å²) in [6.07, 6.45) is 8.25. The van der Waals surface area contributed by atoms with Crippen LogP contribution in [-0.4, -0.2) is 10.5 Å². The Bertz CT molecular complexity index is 1010. The van der Waals surface area contributed by atoms with Crippen molar-refractivity contribution in [2.24, 2.45) is 5.92 Å². The van der Waals surface area contributed by atoms with E-state index >= 15 is 0 Å². The quantitative estimate of drug-likeness (QED) is 0.466. The number of benzene rings is 2. The molecule has 4 rings (SSSR count). The molecule has 0 saturated heterocycles. The van der Waals surface area contributed by atoms with Crippen molar-refractivity contribution in [1.82, 2.24) is 4.57 Å². The second-order valence-corrected chi connectivity index (χ2v) is 7.25. The molecule has 1 heterocycles. The monoisotopic (exact) mass is 345 g/mol. The molecule has 0 spiro atoms. The Labute approximate surface area is 153 Å². The highest BCUT2D eigenvalue weighted by atomic mass is 16.2. The van der Waals surface area contributed by atoms with Gasteiger partial charge in [0.15, 0.2) is 5.43 Å². The van der Waals surface area contributed by atoms with Gasteiger partial charge in [0.25, 0.3) is 5.91 Å². The van der Waals surface area contributed by atoms with Crippen LogP contribution in [0.4, 0.5) is 0 Å². The lowest BCUT2D eigenvalue weighted by Gasteiger charge is -2.19. The zero-order valence-electron chi connectivity index (χ0n) is 15.1. The van der Waals surface area contributed by atoms with Gasteiger partial charge < -0.3 is 0 Å². The van der Waals surface area contributed by atoms with E-state index in [2.05, 4.69) is 6.08 Å². The molecule has 2 aromatic carbocycles. The molecule has 0 aliphatic heterocycles. The minimum absolute atomic E-state index is 0.0193. The summed E-state index contributed by atoms with van der Waals surface area (Å²) >= 11 is 0. The van der Waals surface area contributed by atoms with E-state index in [0.29, 0.717) is 27.7 Å². The number of hydrogen-bond acceptors (Lipinski definition) is 2. The molecule has 3 heteroatoms. The third-order valence-electron chi connectivity index (χ3n) is 5.46. The van der Waals surface area contributed by atoms with E-state index in [4.69, 9.17) is 0 Å². The van der Waals surface area contributed by atoms with E-state index in [-0.39, 0.29) is 11.3 Å². The number of pyridine rings is 1. The summed E-state index contributed by atoms with van der Waals surface area (Å²) in [4.78, 5) is 26.2. The van der Waals surface area contributed by atoms with Crippen molar-refractivity contribution in [1.29, 1.82) is 0 Å². The predicted octanol–water partition coefficient (Wildman–Crippen LogP) is 5.32. The average Bonchev–Trinajstić information content (AvgIpc) is 2.69. The molecule has 3 nitrogen and oxygen atoms in total. The number of rotatable bonds is 2. The Morgan fingerprint density at radius 3 is 2.04 bits per heavy atom. The Morgan fingerprint density at radius 1 is 0.923 bits per heavy atom. The zero-order chi connectivity index (χ0) is 18.1. The lowest BCUT2D eigenvalue weighted by atomic mass is 9.88. The minimum atomic E-state index is -0.0389. The number of para-hydroxylation sites is 2. The Kier molecular flexibility index (Phi) is 4.46. The molecule has 1 fully saturated rings. The van der Waals surface area contributed by atoms with E-state index in [1.807, 2.05) is 43.3 Å². The van der Waals surface area contributed by atoms with Crippen LogP contribution in [0.5, 0.6) is 0 Å². The molecule has 0 N–H and O–H groups in total. The van der Waals surface area contributed by atoms with Crippen LogP contribution >= 0.6 is 0 Å². The lowest BCUT2D eigenvalue weighted by molar-refractivity contribution is 0.0963. The summed E-state index contributed by atoms with van der Waals surface area (Å²) in [6, 6.07) is 14.8. The number of hydrogen-bond donors (Lipinski definition) is 0. The van der Waals surface area contributed by atoms with Crippen molar-refractivity contribution in [2.75, 3.05) is 0 Å². The number of carbonyl (C=O) groups is 1. The molecular formula is C23H23NO2. The molecule has 0 bridgehead atoms. The topological polar surface area (TPSA) is 39.1 Å². The minimum Gasteiger partial charge on any atom is -0.288 e. The highest BCUT2D eigenvalue weighted by molar-refractivity contribution is 6.08. The third-order valence-corrected chi connectivity index (χ3v) is 5.46. The average molecular weight is 345 g/mol. The molecule has 132 valence electrons. The molecule has 1 aliphatic rings. The first-order valence-electron chi connectivity index (χ1n) is 9.42. The van der Waals surface area contributed by atoms with Crippen molar-refractivity contribution in [3.05, 3.63) is 70.4 Å². The molecule has 26 heavy (non-hydrogen) atoms. The number of nitrogens with zero attached hydrogens (tertiary/aromatic N) is 1. The number of aromatic nitrogens is 1. The van der Waals surface area contributed by atoms with E-state index in [1.165, 1.54) is 19.3 Å². The maximum atomic E-state index is 13.4. The fourth-order valence-electron chi connectivity index (χ4n) is 4.12. The van der Waals surface area contributed by atoms with Crippen LogP contribution in [-0.2, 0) is 0 Å². The fraction of sp³-hybridized carbons (Fsp3) is 0.304. The van der Waals surface area contributed by atoms with Gasteiger partial charge in [-0.1, -0.05) is 49.6 Å². The Balaban J connectivity index is 1.91. The van der Waals surface area contributed by atoms with Gasteiger partial charge in [0.05, 0.1) is 11.0 Å². The molecule has 1 aliphatic carbocycles. The van der Waals surface area contributed by atoms with Crippen molar-refractivity contribution in [3.8, 4) is 0 Å². The van der Waals surface area contributed by atoms with Gasteiger partial charge in [0.1, 0.15) is 0 Å². The summed E-state index contributed by atoms with van der Waals surface area (Å²) in [5.74, 6) is 0.451. The Morgan fingerprint density at radius 2 is 1.46 bits per heavy atom. The van der Waals surface area contributed by atoms with Crippen LogP contribution in [0.2, 0.25) is 0 Å². The summed E-state index contributed by atoms with van der Waals surface area (Å²) in [6.45, 7) is 1.90. The lowest BCUT2D eigenvalue weighted by Crippen LogP contribution is -2.19. The summed E-state index contributed by atoms with van der Waals surface area (Å²) in [7, 11) is 0. The van der Waals surface area contributed by atoms with Gasteiger partial charge in [-0.15, -0.1) is 0 Å². The summed E-state index contributed by atoms with van der Waals surface area (Å²) in [5, 5.41) is 1.18. The normalized spacial score (nSPS) is 16.3. The second-order valence-electron chi connectivity index (χ2n) is 7.25. The van der Waals surface area contributed by atoms with Crippen molar-refractivity contribution >= 4 is 27.7 Å². The number of fused-ring (bicyclic) bond motifs is 2. The number of carbonyl (C=O) groups excluding carboxylic acids is 1. The van der Waals surface area contributed by atoms with Gasteiger partial charge in [0.2, 0.25) is 0 Å². The molecule has 0 amide bonds. The smallest absolute Gasteiger partial charge is 0.258 e. The van der Waals surface area contributed by atoms with E-state index in [1.54, 1.807) is 16.7 Å². The molecule has 0 atom stereocenters. The third kappa shape index (κ3) is 2.88. The predicted molar refractivity (Wildman–Crippen MR) is 107 cm³/mol. The van der Waals surface area contributed by atoms with Gasteiger partial charge >= 0.3 is 0 Å². The van der Waals surface area contributed by atoms with Gasteiger partial charge in [-0.25, -0.2) is 0 Å². The first kappa shape index (κ1) is 16.8. The largest absolute Gasteiger partial charge is 0.288 e. The van der Waals surface area contributed by atoms with E-state index < -0.39 is 0 Å². The van der Waals surface area contributed by atoms with Crippen molar-refractivity contribution in [2.45, 2.75) is 39.0 Å².